The second kappa shape index (κ2) is 6.27. The summed E-state index contributed by atoms with van der Waals surface area (Å²) >= 11 is 0. The van der Waals surface area contributed by atoms with E-state index in [0.717, 1.165) is 18.3 Å². The Labute approximate surface area is 132 Å². The molecule has 118 valence electrons. The highest BCUT2D eigenvalue weighted by atomic mass is 16.7. The van der Waals surface area contributed by atoms with Gasteiger partial charge < -0.3 is 14.0 Å². The van der Waals surface area contributed by atoms with Crippen LogP contribution in [0.1, 0.15) is 53.0 Å². The highest BCUT2D eigenvalue weighted by Gasteiger charge is 2.51. The summed E-state index contributed by atoms with van der Waals surface area (Å²) in [7, 11) is -0.519. The third-order valence-electron chi connectivity index (χ3n) is 4.25. The van der Waals surface area contributed by atoms with Crippen LogP contribution in [0.25, 0.3) is 0 Å². The second-order valence-electron chi connectivity index (χ2n) is 6.52. The Kier molecular flexibility index (Phi) is 4.79. The summed E-state index contributed by atoms with van der Waals surface area (Å²) in [4.78, 5) is 4.26. The molecule has 1 fully saturated rings. The van der Waals surface area contributed by atoms with Crippen LogP contribution in [0.3, 0.4) is 0 Å². The van der Waals surface area contributed by atoms with Gasteiger partial charge in [0.15, 0.2) is 0 Å². The Balaban J connectivity index is 2.19. The van der Waals surface area contributed by atoms with E-state index in [2.05, 4.69) is 18.0 Å². The SMILES string of the molecule is CCCCOc1ncc(B2OC(C)(C)C(C)(C)O2)cc1C#N. The maximum absolute atomic E-state index is 9.30. The molecule has 0 spiro atoms. The zero-order valence-corrected chi connectivity index (χ0v) is 14.0. The molecule has 1 aliphatic rings. The topological polar surface area (TPSA) is 64.4 Å². The summed E-state index contributed by atoms with van der Waals surface area (Å²) in [6.07, 6.45) is 3.63. The monoisotopic (exact) mass is 302 g/mol. The highest BCUT2D eigenvalue weighted by molar-refractivity contribution is 6.62. The van der Waals surface area contributed by atoms with E-state index < -0.39 is 18.3 Å². The Morgan fingerprint density at radius 3 is 2.45 bits per heavy atom. The van der Waals surface area contributed by atoms with Crippen LogP contribution >= 0.6 is 0 Å². The second-order valence-corrected chi connectivity index (χ2v) is 6.52. The minimum atomic E-state index is -0.519. The summed E-state index contributed by atoms with van der Waals surface area (Å²) in [5.74, 6) is 0.371. The molecule has 1 aromatic rings. The van der Waals surface area contributed by atoms with Crippen molar-refractivity contribution >= 4 is 12.6 Å². The van der Waals surface area contributed by atoms with Crippen molar-refractivity contribution in [1.82, 2.24) is 4.98 Å². The van der Waals surface area contributed by atoms with E-state index in [4.69, 9.17) is 14.0 Å². The predicted octanol–water partition coefficient (Wildman–Crippen LogP) is 2.43. The normalized spacial score (nSPS) is 19.0. The number of ether oxygens (including phenoxy) is 1. The molecule has 0 bridgehead atoms. The first-order valence-corrected chi connectivity index (χ1v) is 7.69. The van der Waals surface area contributed by atoms with Crippen molar-refractivity contribution in [3.05, 3.63) is 17.8 Å². The lowest BCUT2D eigenvalue weighted by Crippen LogP contribution is -2.41. The number of rotatable bonds is 5. The van der Waals surface area contributed by atoms with E-state index in [9.17, 15) is 5.26 Å². The molecule has 0 radical (unpaired) electrons. The number of pyridine rings is 1. The zero-order chi connectivity index (χ0) is 16.4. The lowest BCUT2D eigenvalue weighted by atomic mass is 9.80. The summed E-state index contributed by atoms with van der Waals surface area (Å²) in [5, 5.41) is 9.30. The molecule has 2 heterocycles. The summed E-state index contributed by atoms with van der Waals surface area (Å²) in [6.45, 7) is 10.6. The van der Waals surface area contributed by atoms with Crippen LogP contribution in [0.2, 0.25) is 0 Å². The third-order valence-corrected chi connectivity index (χ3v) is 4.25. The van der Waals surface area contributed by atoms with Crippen molar-refractivity contribution in [3.8, 4) is 11.9 Å². The fourth-order valence-electron chi connectivity index (χ4n) is 2.08. The van der Waals surface area contributed by atoms with Gasteiger partial charge in [0, 0.05) is 11.7 Å². The van der Waals surface area contributed by atoms with Gasteiger partial charge in [-0.2, -0.15) is 5.26 Å². The third kappa shape index (κ3) is 3.26. The average molecular weight is 302 g/mol. The molecule has 0 saturated carbocycles. The molecule has 1 aromatic heterocycles. The number of nitriles is 1. The standard InChI is InChI=1S/C16H23BN2O3/c1-6-7-8-20-14-12(10-18)9-13(11-19-14)17-21-15(2,3)16(4,5)22-17/h9,11H,6-8H2,1-5H3. The van der Waals surface area contributed by atoms with Gasteiger partial charge in [0.2, 0.25) is 5.88 Å². The summed E-state index contributed by atoms with van der Waals surface area (Å²) in [6, 6.07) is 3.86. The van der Waals surface area contributed by atoms with E-state index in [-0.39, 0.29) is 0 Å². The molecular formula is C16H23BN2O3. The van der Waals surface area contributed by atoms with Gasteiger partial charge in [0.1, 0.15) is 11.6 Å². The van der Waals surface area contributed by atoms with Crippen molar-refractivity contribution in [2.24, 2.45) is 0 Å². The largest absolute Gasteiger partial charge is 0.496 e. The van der Waals surface area contributed by atoms with E-state index in [1.54, 1.807) is 12.3 Å². The van der Waals surface area contributed by atoms with Crippen LogP contribution in [-0.4, -0.2) is 29.9 Å². The minimum absolute atomic E-state index is 0.371. The zero-order valence-electron chi connectivity index (χ0n) is 14.0. The summed E-state index contributed by atoms with van der Waals surface area (Å²) < 4.78 is 17.5. The van der Waals surface area contributed by atoms with E-state index in [1.165, 1.54) is 0 Å². The molecule has 5 nitrogen and oxygen atoms in total. The lowest BCUT2D eigenvalue weighted by Gasteiger charge is -2.32. The Morgan fingerprint density at radius 1 is 1.27 bits per heavy atom. The Bertz CT molecular complexity index is 565. The number of hydrogen-bond acceptors (Lipinski definition) is 5. The first-order valence-electron chi connectivity index (χ1n) is 7.69. The van der Waals surface area contributed by atoms with Crippen LogP contribution in [0.15, 0.2) is 12.3 Å². The molecule has 2 rings (SSSR count). The van der Waals surface area contributed by atoms with E-state index in [0.29, 0.717) is 18.1 Å². The van der Waals surface area contributed by atoms with Crippen molar-refractivity contribution < 1.29 is 14.0 Å². The fraction of sp³-hybridized carbons (Fsp3) is 0.625. The number of aromatic nitrogens is 1. The van der Waals surface area contributed by atoms with Crippen LogP contribution in [0, 0.1) is 11.3 Å². The van der Waals surface area contributed by atoms with Gasteiger partial charge in [-0.15, -0.1) is 0 Å². The quantitative estimate of drug-likeness (QED) is 0.617. The minimum Gasteiger partial charge on any atom is -0.477 e. The maximum atomic E-state index is 9.30. The van der Waals surface area contributed by atoms with E-state index in [1.807, 2.05) is 27.7 Å². The lowest BCUT2D eigenvalue weighted by molar-refractivity contribution is 0.00578. The van der Waals surface area contributed by atoms with Crippen LogP contribution in [0.4, 0.5) is 0 Å². The Morgan fingerprint density at radius 2 is 1.91 bits per heavy atom. The first kappa shape index (κ1) is 16.8. The molecule has 0 N–H and O–H groups in total. The molecule has 0 aromatic carbocycles. The van der Waals surface area contributed by atoms with Gasteiger partial charge in [0.05, 0.1) is 17.8 Å². The Hall–Kier alpha value is -1.58. The number of nitrogens with zero attached hydrogens (tertiary/aromatic N) is 2. The van der Waals surface area contributed by atoms with Gasteiger partial charge in [-0.05, 0) is 40.2 Å². The van der Waals surface area contributed by atoms with Crippen molar-refractivity contribution in [2.45, 2.75) is 58.7 Å². The smallest absolute Gasteiger partial charge is 0.477 e. The molecule has 0 atom stereocenters. The molecule has 0 aliphatic carbocycles. The van der Waals surface area contributed by atoms with Crippen LogP contribution in [-0.2, 0) is 9.31 Å². The van der Waals surface area contributed by atoms with Crippen molar-refractivity contribution in [1.29, 1.82) is 5.26 Å². The molecular weight excluding hydrogens is 279 g/mol. The van der Waals surface area contributed by atoms with E-state index >= 15 is 0 Å². The van der Waals surface area contributed by atoms with Gasteiger partial charge in [0.25, 0.3) is 0 Å². The molecule has 1 saturated heterocycles. The highest BCUT2D eigenvalue weighted by Crippen LogP contribution is 2.36. The van der Waals surface area contributed by atoms with Gasteiger partial charge in [-0.25, -0.2) is 4.98 Å². The average Bonchev–Trinajstić information content (AvgIpc) is 2.68. The summed E-state index contributed by atoms with van der Waals surface area (Å²) in [5.41, 5.74) is 0.308. The maximum Gasteiger partial charge on any atom is 0.496 e. The molecule has 0 amide bonds. The van der Waals surface area contributed by atoms with Crippen molar-refractivity contribution in [3.63, 3.8) is 0 Å². The fourth-order valence-corrected chi connectivity index (χ4v) is 2.08. The molecule has 0 unspecified atom stereocenters. The van der Waals surface area contributed by atoms with Gasteiger partial charge >= 0.3 is 7.12 Å². The molecule has 22 heavy (non-hydrogen) atoms. The first-order chi connectivity index (χ1) is 10.3. The molecule has 1 aliphatic heterocycles. The predicted molar refractivity (Wildman–Crippen MR) is 85.1 cm³/mol. The number of unbranched alkanes of at least 4 members (excludes halogenated alkanes) is 1. The molecule has 6 heteroatoms. The van der Waals surface area contributed by atoms with Gasteiger partial charge in [-0.1, -0.05) is 13.3 Å². The van der Waals surface area contributed by atoms with Crippen LogP contribution in [0.5, 0.6) is 5.88 Å². The number of hydrogen-bond donors (Lipinski definition) is 0. The van der Waals surface area contributed by atoms with Gasteiger partial charge in [-0.3, -0.25) is 0 Å². The van der Waals surface area contributed by atoms with Crippen molar-refractivity contribution in [2.75, 3.05) is 6.61 Å². The van der Waals surface area contributed by atoms with Crippen LogP contribution < -0.4 is 10.2 Å².